The number of methoxy groups -OCH3 is 1. The summed E-state index contributed by atoms with van der Waals surface area (Å²) in [7, 11) is 3.27. The maximum Gasteiger partial charge on any atom is 0.278 e. The van der Waals surface area contributed by atoms with Crippen LogP contribution in [0.5, 0.6) is 17.2 Å². The SMILES string of the molecule is COc1cn(-c2ccccc2)nc1C(=O)N(C)Cc1ccc2c(c1)OCCO2. The van der Waals surface area contributed by atoms with Gasteiger partial charge in [0, 0.05) is 13.6 Å². The van der Waals surface area contributed by atoms with E-state index in [0.29, 0.717) is 31.3 Å². The van der Waals surface area contributed by atoms with Crippen LogP contribution in [-0.2, 0) is 6.54 Å². The van der Waals surface area contributed by atoms with Crippen molar-refractivity contribution in [2.45, 2.75) is 6.54 Å². The highest BCUT2D eigenvalue weighted by atomic mass is 16.6. The van der Waals surface area contributed by atoms with Crippen LogP contribution < -0.4 is 14.2 Å². The van der Waals surface area contributed by atoms with Crippen LogP contribution >= 0.6 is 0 Å². The van der Waals surface area contributed by atoms with Gasteiger partial charge < -0.3 is 19.1 Å². The number of hydrogen-bond acceptors (Lipinski definition) is 5. The third-order valence-corrected chi connectivity index (χ3v) is 4.50. The van der Waals surface area contributed by atoms with Gasteiger partial charge in [-0.05, 0) is 29.8 Å². The summed E-state index contributed by atoms with van der Waals surface area (Å²) in [6, 6.07) is 15.3. The van der Waals surface area contributed by atoms with Crippen molar-refractivity contribution < 1.29 is 19.0 Å². The lowest BCUT2D eigenvalue weighted by Gasteiger charge is -2.21. The van der Waals surface area contributed by atoms with E-state index in [1.807, 2.05) is 48.5 Å². The van der Waals surface area contributed by atoms with Crippen molar-refractivity contribution >= 4 is 5.91 Å². The first kappa shape index (κ1) is 17.9. The van der Waals surface area contributed by atoms with Crippen molar-refractivity contribution in [3.63, 3.8) is 0 Å². The van der Waals surface area contributed by atoms with Crippen molar-refractivity contribution in [2.75, 3.05) is 27.4 Å². The number of rotatable bonds is 5. The maximum atomic E-state index is 13.0. The van der Waals surface area contributed by atoms with Crippen LogP contribution in [0.15, 0.2) is 54.7 Å². The standard InChI is InChI=1S/C21H21N3O4/c1-23(13-15-8-9-17-18(12-15)28-11-10-27-17)21(25)20-19(26-2)14-24(22-20)16-6-4-3-5-7-16/h3-9,12,14H,10-11,13H2,1-2H3. The Bertz CT molecular complexity index is 985. The fourth-order valence-corrected chi connectivity index (χ4v) is 3.08. The topological polar surface area (TPSA) is 65.8 Å². The van der Waals surface area contributed by atoms with Gasteiger partial charge in [-0.15, -0.1) is 0 Å². The van der Waals surface area contributed by atoms with Gasteiger partial charge in [0.15, 0.2) is 22.9 Å². The molecule has 2 heterocycles. The van der Waals surface area contributed by atoms with Gasteiger partial charge in [0.1, 0.15) is 13.2 Å². The van der Waals surface area contributed by atoms with Crippen molar-refractivity contribution in [3.8, 4) is 22.9 Å². The number of carbonyl (C=O) groups excluding carboxylic acids is 1. The summed E-state index contributed by atoms with van der Waals surface area (Å²) in [6.07, 6.45) is 1.71. The van der Waals surface area contributed by atoms with Crippen LogP contribution in [0.2, 0.25) is 0 Å². The minimum absolute atomic E-state index is 0.221. The van der Waals surface area contributed by atoms with E-state index in [2.05, 4.69) is 5.10 Å². The fraction of sp³-hybridized carbons (Fsp3) is 0.238. The molecule has 28 heavy (non-hydrogen) atoms. The molecule has 1 aliphatic heterocycles. The molecule has 0 aliphatic carbocycles. The van der Waals surface area contributed by atoms with Crippen LogP contribution in [-0.4, -0.2) is 48.0 Å². The van der Waals surface area contributed by atoms with Gasteiger partial charge in [0.25, 0.3) is 5.91 Å². The molecule has 0 fully saturated rings. The molecule has 0 spiro atoms. The van der Waals surface area contributed by atoms with Gasteiger partial charge in [-0.25, -0.2) is 4.68 Å². The summed E-state index contributed by atoms with van der Waals surface area (Å²) in [5.74, 6) is 1.65. The quantitative estimate of drug-likeness (QED) is 0.682. The molecule has 0 saturated carbocycles. The predicted octanol–water partition coefficient (Wildman–Crippen LogP) is 2.92. The van der Waals surface area contributed by atoms with E-state index < -0.39 is 0 Å². The van der Waals surface area contributed by atoms with E-state index >= 15 is 0 Å². The monoisotopic (exact) mass is 379 g/mol. The largest absolute Gasteiger partial charge is 0.493 e. The first-order chi connectivity index (χ1) is 13.7. The van der Waals surface area contributed by atoms with Crippen molar-refractivity contribution in [3.05, 3.63) is 66.0 Å². The zero-order valence-corrected chi connectivity index (χ0v) is 15.8. The van der Waals surface area contributed by atoms with Gasteiger partial charge in [-0.3, -0.25) is 4.79 Å². The molecule has 0 saturated heterocycles. The Morgan fingerprint density at radius 1 is 1.14 bits per heavy atom. The number of amides is 1. The molecule has 7 heteroatoms. The van der Waals surface area contributed by atoms with Gasteiger partial charge in [-0.1, -0.05) is 24.3 Å². The molecule has 0 atom stereocenters. The molecule has 4 rings (SSSR count). The molecular formula is C21H21N3O4. The minimum Gasteiger partial charge on any atom is -0.493 e. The van der Waals surface area contributed by atoms with E-state index in [1.54, 1.807) is 22.8 Å². The van der Waals surface area contributed by atoms with Gasteiger partial charge in [-0.2, -0.15) is 5.10 Å². The summed E-state index contributed by atoms with van der Waals surface area (Å²) in [4.78, 5) is 14.6. The van der Waals surface area contributed by atoms with Gasteiger partial charge in [0.05, 0.1) is 19.0 Å². The highest BCUT2D eigenvalue weighted by Gasteiger charge is 2.22. The zero-order valence-electron chi connectivity index (χ0n) is 15.8. The fourth-order valence-electron chi connectivity index (χ4n) is 3.08. The van der Waals surface area contributed by atoms with Crippen LogP contribution in [0, 0.1) is 0 Å². The molecule has 3 aromatic rings. The normalized spacial score (nSPS) is 12.5. The third kappa shape index (κ3) is 3.51. The Morgan fingerprint density at radius 3 is 2.64 bits per heavy atom. The second-order valence-corrected chi connectivity index (χ2v) is 6.47. The molecule has 0 unspecified atom stereocenters. The lowest BCUT2D eigenvalue weighted by molar-refractivity contribution is 0.0775. The average Bonchev–Trinajstić information content (AvgIpc) is 3.18. The number of carbonyl (C=O) groups is 1. The summed E-state index contributed by atoms with van der Waals surface area (Å²) >= 11 is 0. The van der Waals surface area contributed by atoms with E-state index in [0.717, 1.165) is 17.0 Å². The Balaban J connectivity index is 1.54. The van der Waals surface area contributed by atoms with Crippen molar-refractivity contribution in [2.24, 2.45) is 0 Å². The Morgan fingerprint density at radius 2 is 1.89 bits per heavy atom. The Hall–Kier alpha value is -3.48. The van der Waals surface area contributed by atoms with Crippen LogP contribution in [0.25, 0.3) is 5.69 Å². The number of aromatic nitrogens is 2. The minimum atomic E-state index is -0.221. The summed E-state index contributed by atoms with van der Waals surface area (Å²) in [5.41, 5.74) is 2.07. The number of nitrogens with zero attached hydrogens (tertiary/aromatic N) is 3. The maximum absolute atomic E-state index is 13.0. The molecular weight excluding hydrogens is 358 g/mol. The molecule has 1 amide bonds. The number of fused-ring (bicyclic) bond motifs is 1. The molecule has 0 N–H and O–H groups in total. The van der Waals surface area contributed by atoms with Crippen molar-refractivity contribution in [1.82, 2.24) is 14.7 Å². The number of ether oxygens (including phenoxy) is 3. The smallest absolute Gasteiger partial charge is 0.278 e. The second kappa shape index (κ2) is 7.64. The number of hydrogen-bond donors (Lipinski definition) is 0. The molecule has 1 aliphatic rings. The molecule has 0 bridgehead atoms. The highest BCUT2D eigenvalue weighted by molar-refractivity contribution is 5.94. The first-order valence-corrected chi connectivity index (χ1v) is 8.99. The molecule has 0 radical (unpaired) electrons. The summed E-state index contributed by atoms with van der Waals surface area (Å²) in [6.45, 7) is 1.49. The lowest BCUT2D eigenvalue weighted by Crippen LogP contribution is -2.27. The highest BCUT2D eigenvalue weighted by Crippen LogP contribution is 2.31. The van der Waals surface area contributed by atoms with Gasteiger partial charge >= 0.3 is 0 Å². The number of benzene rings is 2. The third-order valence-electron chi connectivity index (χ3n) is 4.50. The zero-order chi connectivity index (χ0) is 19.5. The second-order valence-electron chi connectivity index (χ2n) is 6.47. The Kier molecular flexibility index (Phi) is 4.89. The number of para-hydroxylation sites is 1. The van der Waals surface area contributed by atoms with E-state index in [-0.39, 0.29) is 11.6 Å². The van der Waals surface area contributed by atoms with Crippen LogP contribution in [0.1, 0.15) is 16.1 Å². The average molecular weight is 379 g/mol. The van der Waals surface area contributed by atoms with E-state index in [9.17, 15) is 4.79 Å². The lowest BCUT2D eigenvalue weighted by atomic mass is 10.1. The van der Waals surface area contributed by atoms with E-state index in [4.69, 9.17) is 14.2 Å². The van der Waals surface area contributed by atoms with E-state index in [1.165, 1.54) is 7.11 Å². The molecule has 1 aromatic heterocycles. The van der Waals surface area contributed by atoms with Crippen molar-refractivity contribution in [1.29, 1.82) is 0 Å². The van der Waals surface area contributed by atoms with Crippen LogP contribution in [0.4, 0.5) is 0 Å². The molecule has 144 valence electrons. The van der Waals surface area contributed by atoms with Gasteiger partial charge in [0.2, 0.25) is 0 Å². The first-order valence-electron chi connectivity index (χ1n) is 8.99. The Labute approximate surface area is 163 Å². The summed E-state index contributed by atoms with van der Waals surface area (Å²) in [5, 5.41) is 4.44. The summed E-state index contributed by atoms with van der Waals surface area (Å²) < 4.78 is 18.2. The molecule has 7 nitrogen and oxygen atoms in total. The molecule has 2 aromatic carbocycles. The predicted molar refractivity (Wildman–Crippen MR) is 103 cm³/mol. The van der Waals surface area contributed by atoms with Crippen LogP contribution in [0.3, 0.4) is 0 Å².